The van der Waals surface area contributed by atoms with Crippen LogP contribution in [0.1, 0.15) is 42.1 Å². The molecule has 2 aromatic rings. The van der Waals surface area contributed by atoms with Gasteiger partial charge in [0.25, 0.3) is 5.91 Å². The molecule has 0 spiro atoms. The van der Waals surface area contributed by atoms with Crippen LogP contribution in [-0.2, 0) is 0 Å². The van der Waals surface area contributed by atoms with E-state index in [-0.39, 0.29) is 5.91 Å². The molecule has 1 amide bonds. The molecule has 2 rings (SSSR count). The van der Waals surface area contributed by atoms with Gasteiger partial charge in [0.05, 0.1) is 0 Å². The summed E-state index contributed by atoms with van der Waals surface area (Å²) in [6.07, 6.45) is 1.03. The minimum atomic E-state index is -0.148. The summed E-state index contributed by atoms with van der Waals surface area (Å²) in [4.78, 5) is 12.4. The van der Waals surface area contributed by atoms with Gasteiger partial charge in [-0.2, -0.15) is 0 Å². The molecule has 21 heavy (non-hydrogen) atoms. The lowest BCUT2D eigenvalue weighted by Gasteiger charge is -2.15. The van der Waals surface area contributed by atoms with Crippen molar-refractivity contribution in [2.24, 2.45) is 0 Å². The number of nitrogens with one attached hydrogen (secondary N) is 1. The number of amides is 1. The van der Waals surface area contributed by atoms with E-state index in [0.29, 0.717) is 17.2 Å². The summed E-state index contributed by atoms with van der Waals surface area (Å²) in [5.41, 5.74) is 8.94. The standard InChI is InChI=1S/C17H19BrN2O/c1-3-11(2)13-6-4-5-7-16(13)20-17(21)12-8-9-14(18)15(19)10-12/h4-11H,3,19H2,1-2H3,(H,20,21)/t11-/m1/s1. The zero-order valence-electron chi connectivity index (χ0n) is 12.2. The molecule has 1 atom stereocenters. The van der Waals surface area contributed by atoms with Crippen LogP contribution < -0.4 is 11.1 Å². The fraction of sp³-hybridized carbons (Fsp3) is 0.235. The predicted molar refractivity (Wildman–Crippen MR) is 91.7 cm³/mol. The number of hydrogen-bond donors (Lipinski definition) is 2. The molecule has 0 radical (unpaired) electrons. The summed E-state index contributed by atoms with van der Waals surface area (Å²) in [6, 6.07) is 13.1. The van der Waals surface area contributed by atoms with Gasteiger partial charge < -0.3 is 11.1 Å². The Bertz CT molecular complexity index is 655. The number of halogens is 1. The van der Waals surface area contributed by atoms with Crippen molar-refractivity contribution in [2.75, 3.05) is 11.1 Å². The van der Waals surface area contributed by atoms with E-state index >= 15 is 0 Å². The SMILES string of the molecule is CC[C@@H](C)c1ccccc1NC(=O)c1ccc(Br)c(N)c1. The molecule has 0 aliphatic heterocycles. The van der Waals surface area contributed by atoms with E-state index in [4.69, 9.17) is 5.73 Å². The normalized spacial score (nSPS) is 12.0. The highest BCUT2D eigenvalue weighted by atomic mass is 79.9. The number of nitrogen functional groups attached to an aromatic ring is 1. The molecule has 2 aromatic carbocycles. The van der Waals surface area contributed by atoms with Crippen molar-refractivity contribution in [3.8, 4) is 0 Å². The van der Waals surface area contributed by atoms with Gasteiger partial charge in [0.2, 0.25) is 0 Å². The highest BCUT2D eigenvalue weighted by Gasteiger charge is 2.12. The molecule has 0 bridgehead atoms. The van der Waals surface area contributed by atoms with Gasteiger partial charge in [-0.15, -0.1) is 0 Å². The first-order chi connectivity index (χ1) is 10.0. The topological polar surface area (TPSA) is 55.1 Å². The highest BCUT2D eigenvalue weighted by Crippen LogP contribution is 2.27. The Labute approximate surface area is 133 Å². The lowest BCUT2D eigenvalue weighted by molar-refractivity contribution is 0.102. The fourth-order valence-corrected chi connectivity index (χ4v) is 2.39. The summed E-state index contributed by atoms with van der Waals surface area (Å²) in [5, 5.41) is 2.98. The van der Waals surface area contributed by atoms with Gasteiger partial charge in [0.1, 0.15) is 0 Å². The fourth-order valence-electron chi connectivity index (χ4n) is 2.14. The van der Waals surface area contributed by atoms with Crippen LogP contribution in [0.25, 0.3) is 0 Å². The van der Waals surface area contributed by atoms with Crippen LogP contribution in [0.3, 0.4) is 0 Å². The molecule has 0 unspecified atom stereocenters. The molecule has 3 N–H and O–H groups in total. The molecule has 110 valence electrons. The second kappa shape index (κ2) is 6.76. The maximum Gasteiger partial charge on any atom is 0.255 e. The van der Waals surface area contributed by atoms with E-state index in [1.54, 1.807) is 18.2 Å². The predicted octanol–water partition coefficient (Wildman–Crippen LogP) is 4.80. The maximum absolute atomic E-state index is 12.4. The second-order valence-corrected chi connectivity index (χ2v) is 5.94. The Balaban J connectivity index is 2.25. The van der Waals surface area contributed by atoms with Gasteiger partial charge in [-0.1, -0.05) is 32.0 Å². The number of rotatable bonds is 4. The Morgan fingerprint density at radius 1 is 1.29 bits per heavy atom. The molecular weight excluding hydrogens is 328 g/mol. The van der Waals surface area contributed by atoms with E-state index in [1.807, 2.05) is 18.2 Å². The van der Waals surface area contributed by atoms with E-state index in [2.05, 4.69) is 41.2 Å². The van der Waals surface area contributed by atoms with Crippen molar-refractivity contribution < 1.29 is 4.79 Å². The molecule has 0 fully saturated rings. The van der Waals surface area contributed by atoms with Gasteiger partial charge in [-0.05, 0) is 58.1 Å². The van der Waals surface area contributed by atoms with Crippen molar-refractivity contribution in [3.05, 3.63) is 58.1 Å². The molecule has 0 saturated heterocycles. The number of anilines is 2. The van der Waals surface area contributed by atoms with Crippen LogP contribution in [0.5, 0.6) is 0 Å². The van der Waals surface area contributed by atoms with E-state index in [0.717, 1.165) is 22.1 Å². The molecule has 4 heteroatoms. The van der Waals surface area contributed by atoms with Crippen LogP contribution in [0.15, 0.2) is 46.9 Å². The number of para-hydroxylation sites is 1. The molecule has 0 heterocycles. The van der Waals surface area contributed by atoms with Crippen LogP contribution in [0.4, 0.5) is 11.4 Å². The number of hydrogen-bond acceptors (Lipinski definition) is 2. The van der Waals surface area contributed by atoms with Crippen molar-refractivity contribution >= 4 is 33.2 Å². The monoisotopic (exact) mass is 346 g/mol. The first-order valence-corrected chi connectivity index (χ1v) is 7.77. The zero-order valence-corrected chi connectivity index (χ0v) is 13.8. The summed E-state index contributed by atoms with van der Waals surface area (Å²) in [5.74, 6) is 0.251. The lowest BCUT2D eigenvalue weighted by Crippen LogP contribution is -2.14. The van der Waals surface area contributed by atoms with Crippen molar-refractivity contribution in [1.29, 1.82) is 0 Å². The third-order valence-corrected chi connectivity index (χ3v) is 4.33. The van der Waals surface area contributed by atoms with E-state index < -0.39 is 0 Å². The van der Waals surface area contributed by atoms with Gasteiger partial charge in [-0.3, -0.25) is 4.79 Å². The summed E-state index contributed by atoms with van der Waals surface area (Å²) in [7, 11) is 0. The van der Waals surface area contributed by atoms with Gasteiger partial charge in [-0.25, -0.2) is 0 Å². The molecule has 0 aliphatic carbocycles. The van der Waals surface area contributed by atoms with Gasteiger partial charge >= 0.3 is 0 Å². The van der Waals surface area contributed by atoms with Crippen LogP contribution in [0, 0.1) is 0 Å². The Morgan fingerprint density at radius 3 is 2.67 bits per heavy atom. The minimum Gasteiger partial charge on any atom is -0.398 e. The third-order valence-electron chi connectivity index (χ3n) is 3.61. The average Bonchev–Trinajstić information content (AvgIpc) is 2.49. The molecule has 0 saturated carbocycles. The van der Waals surface area contributed by atoms with Crippen LogP contribution >= 0.6 is 15.9 Å². The number of nitrogens with two attached hydrogens (primary N) is 1. The molecule has 3 nitrogen and oxygen atoms in total. The first kappa shape index (κ1) is 15.6. The molecule has 0 aromatic heterocycles. The van der Waals surface area contributed by atoms with Crippen LogP contribution in [0.2, 0.25) is 0 Å². The highest BCUT2D eigenvalue weighted by molar-refractivity contribution is 9.10. The Kier molecular flexibility index (Phi) is 5.02. The Morgan fingerprint density at radius 2 is 2.00 bits per heavy atom. The second-order valence-electron chi connectivity index (χ2n) is 5.09. The smallest absolute Gasteiger partial charge is 0.255 e. The van der Waals surface area contributed by atoms with Crippen LogP contribution in [-0.4, -0.2) is 5.91 Å². The van der Waals surface area contributed by atoms with E-state index in [1.165, 1.54) is 0 Å². The zero-order chi connectivity index (χ0) is 15.4. The first-order valence-electron chi connectivity index (χ1n) is 6.98. The van der Waals surface area contributed by atoms with Gasteiger partial charge in [0, 0.05) is 21.4 Å². The summed E-state index contributed by atoms with van der Waals surface area (Å²) < 4.78 is 0.791. The lowest BCUT2D eigenvalue weighted by atomic mass is 9.97. The number of carbonyl (C=O) groups is 1. The third kappa shape index (κ3) is 3.64. The maximum atomic E-state index is 12.4. The number of benzene rings is 2. The van der Waals surface area contributed by atoms with Crippen molar-refractivity contribution in [1.82, 2.24) is 0 Å². The summed E-state index contributed by atoms with van der Waals surface area (Å²) >= 11 is 3.33. The quantitative estimate of drug-likeness (QED) is 0.781. The summed E-state index contributed by atoms with van der Waals surface area (Å²) in [6.45, 7) is 4.29. The van der Waals surface area contributed by atoms with E-state index in [9.17, 15) is 4.79 Å². The van der Waals surface area contributed by atoms with Gasteiger partial charge in [0.15, 0.2) is 0 Å². The van der Waals surface area contributed by atoms with Crippen molar-refractivity contribution in [3.63, 3.8) is 0 Å². The minimum absolute atomic E-state index is 0.148. The molecule has 0 aliphatic rings. The number of carbonyl (C=O) groups excluding carboxylic acids is 1. The molecular formula is C17H19BrN2O. The largest absolute Gasteiger partial charge is 0.398 e. The average molecular weight is 347 g/mol. The van der Waals surface area contributed by atoms with Crippen molar-refractivity contribution in [2.45, 2.75) is 26.2 Å². The Hall–Kier alpha value is -1.81.